The largest absolute Gasteiger partial charge is 0.466 e. The Morgan fingerprint density at radius 3 is 2.55 bits per heavy atom. The average Bonchev–Trinajstić information content (AvgIpc) is 2.44. The van der Waals surface area contributed by atoms with Crippen LogP contribution in [0.2, 0.25) is 0 Å². The first-order valence-corrected chi connectivity index (χ1v) is 7.39. The second kappa shape index (κ2) is 7.29. The number of hydrogen-bond donors (Lipinski definition) is 1. The zero-order chi connectivity index (χ0) is 14.4. The summed E-state index contributed by atoms with van der Waals surface area (Å²) in [5.41, 5.74) is 7.79. The minimum atomic E-state index is -0.0514. The molecule has 2 rings (SSSR count). The lowest BCUT2D eigenvalue weighted by atomic mass is 9.93. The summed E-state index contributed by atoms with van der Waals surface area (Å²) in [6.45, 7) is 5.40. The molecule has 110 valence electrons. The summed E-state index contributed by atoms with van der Waals surface area (Å²) in [4.78, 5) is 13.9. The molecule has 1 aliphatic heterocycles. The van der Waals surface area contributed by atoms with Crippen LogP contribution in [-0.4, -0.2) is 30.6 Å². The zero-order valence-corrected chi connectivity index (χ0v) is 12.2. The van der Waals surface area contributed by atoms with Gasteiger partial charge in [0, 0.05) is 18.7 Å². The monoisotopic (exact) mass is 276 g/mol. The Balaban J connectivity index is 1.74. The predicted molar refractivity (Wildman–Crippen MR) is 80.1 cm³/mol. The van der Waals surface area contributed by atoms with Gasteiger partial charge < -0.3 is 10.5 Å². The van der Waals surface area contributed by atoms with Gasteiger partial charge in [-0.25, -0.2) is 0 Å². The molecule has 4 heteroatoms. The minimum absolute atomic E-state index is 0.0514. The average molecular weight is 276 g/mol. The van der Waals surface area contributed by atoms with Gasteiger partial charge in [-0.2, -0.15) is 0 Å². The number of likely N-dealkylation sites (tertiary alicyclic amines) is 1. The summed E-state index contributed by atoms with van der Waals surface area (Å²) < 4.78 is 5.01. The first-order valence-electron chi connectivity index (χ1n) is 7.39. The van der Waals surface area contributed by atoms with Crippen molar-refractivity contribution in [1.29, 1.82) is 0 Å². The highest BCUT2D eigenvalue weighted by Gasteiger charge is 2.21. The standard InChI is InChI=1S/C16H24N2O2/c1-2-20-16(19)11-13-7-9-18(10-8-13)12-14-3-5-15(17)6-4-14/h3-6,13H,2,7-12,17H2,1H3. The van der Waals surface area contributed by atoms with Crippen LogP contribution in [0.15, 0.2) is 24.3 Å². The molecule has 0 unspecified atom stereocenters. The van der Waals surface area contributed by atoms with Gasteiger partial charge in [0.2, 0.25) is 0 Å². The fourth-order valence-corrected chi connectivity index (χ4v) is 2.69. The van der Waals surface area contributed by atoms with E-state index in [0.29, 0.717) is 18.9 Å². The highest BCUT2D eigenvalue weighted by Crippen LogP contribution is 2.22. The maximum atomic E-state index is 11.5. The number of esters is 1. The Kier molecular flexibility index (Phi) is 5.41. The van der Waals surface area contributed by atoms with Crippen LogP contribution < -0.4 is 5.73 Å². The van der Waals surface area contributed by atoms with E-state index in [0.717, 1.165) is 38.2 Å². The van der Waals surface area contributed by atoms with Crippen molar-refractivity contribution < 1.29 is 9.53 Å². The molecule has 1 fully saturated rings. The third-order valence-electron chi connectivity index (χ3n) is 3.85. The second-order valence-electron chi connectivity index (χ2n) is 5.47. The van der Waals surface area contributed by atoms with Crippen LogP contribution in [0.25, 0.3) is 0 Å². The van der Waals surface area contributed by atoms with E-state index in [9.17, 15) is 4.79 Å². The van der Waals surface area contributed by atoms with Gasteiger partial charge in [0.25, 0.3) is 0 Å². The molecule has 1 aromatic rings. The molecule has 0 radical (unpaired) electrons. The van der Waals surface area contributed by atoms with Crippen LogP contribution in [0.1, 0.15) is 31.7 Å². The summed E-state index contributed by atoms with van der Waals surface area (Å²) in [6, 6.07) is 8.06. The number of rotatable bonds is 5. The zero-order valence-electron chi connectivity index (χ0n) is 12.2. The van der Waals surface area contributed by atoms with Crippen LogP contribution in [0.3, 0.4) is 0 Å². The molecule has 0 spiro atoms. The number of nitrogen functional groups attached to an aromatic ring is 1. The Hall–Kier alpha value is -1.55. The predicted octanol–water partition coefficient (Wildman–Crippen LogP) is 2.43. The number of nitrogens with two attached hydrogens (primary N) is 1. The highest BCUT2D eigenvalue weighted by atomic mass is 16.5. The number of benzene rings is 1. The molecule has 2 N–H and O–H groups in total. The Labute approximate surface area is 120 Å². The second-order valence-corrected chi connectivity index (χ2v) is 5.47. The third-order valence-corrected chi connectivity index (χ3v) is 3.85. The van der Waals surface area contributed by atoms with Crippen molar-refractivity contribution in [3.8, 4) is 0 Å². The quantitative estimate of drug-likeness (QED) is 0.663. The maximum Gasteiger partial charge on any atom is 0.306 e. The van der Waals surface area contributed by atoms with Gasteiger partial charge in [0.15, 0.2) is 0 Å². The van der Waals surface area contributed by atoms with Gasteiger partial charge >= 0.3 is 5.97 Å². The highest BCUT2D eigenvalue weighted by molar-refractivity contribution is 5.69. The lowest BCUT2D eigenvalue weighted by molar-refractivity contribution is -0.144. The summed E-state index contributed by atoms with van der Waals surface area (Å²) in [7, 11) is 0. The molecular weight excluding hydrogens is 252 g/mol. The molecule has 4 nitrogen and oxygen atoms in total. The van der Waals surface area contributed by atoms with E-state index >= 15 is 0 Å². The normalized spacial score (nSPS) is 17.1. The molecule has 0 aliphatic carbocycles. The van der Waals surface area contributed by atoms with Crippen LogP contribution >= 0.6 is 0 Å². The molecule has 20 heavy (non-hydrogen) atoms. The van der Waals surface area contributed by atoms with Crippen molar-refractivity contribution in [3.63, 3.8) is 0 Å². The Bertz CT molecular complexity index is 423. The molecule has 1 heterocycles. The maximum absolute atomic E-state index is 11.5. The Morgan fingerprint density at radius 1 is 1.30 bits per heavy atom. The van der Waals surface area contributed by atoms with Crippen LogP contribution in [0.5, 0.6) is 0 Å². The lowest BCUT2D eigenvalue weighted by Crippen LogP contribution is -2.34. The van der Waals surface area contributed by atoms with E-state index in [2.05, 4.69) is 17.0 Å². The number of ether oxygens (including phenoxy) is 1. The van der Waals surface area contributed by atoms with E-state index in [4.69, 9.17) is 10.5 Å². The molecular formula is C16H24N2O2. The van der Waals surface area contributed by atoms with Gasteiger partial charge in [0.1, 0.15) is 0 Å². The van der Waals surface area contributed by atoms with Gasteiger partial charge in [-0.3, -0.25) is 9.69 Å². The lowest BCUT2D eigenvalue weighted by Gasteiger charge is -2.31. The van der Waals surface area contributed by atoms with Gasteiger partial charge in [-0.05, 0) is 56.5 Å². The Morgan fingerprint density at radius 2 is 1.95 bits per heavy atom. The number of piperidine rings is 1. The number of nitrogens with zero attached hydrogens (tertiary/aromatic N) is 1. The molecule has 0 aromatic heterocycles. The van der Waals surface area contributed by atoms with Gasteiger partial charge in [-0.1, -0.05) is 12.1 Å². The molecule has 1 saturated heterocycles. The van der Waals surface area contributed by atoms with Crippen LogP contribution in [0.4, 0.5) is 5.69 Å². The third kappa shape index (κ3) is 4.53. The molecule has 1 aromatic carbocycles. The molecule has 0 atom stereocenters. The summed E-state index contributed by atoms with van der Waals surface area (Å²) in [6.07, 6.45) is 2.73. The van der Waals surface area contributed by atoms with Crippen molar-refractivity contribution in [2.75, 3.05) is 25.4 Å². The molecule has 0 saturated carbocycles. The van der Waals surface area contributed by atoms with Crippen LogP contribution in [0, 0.1) is 5.92 Å². The van der Waals surface area contributed by atoms with Gasteiger partial charge in [-0.15, -0.1) is 0 Å². The topological polar surface area (TPSA) is 55.6 Å². The van der Waals surface area contributed by atoms with Crippen molar-refractivity contribution in [2.45, 2.75) is 32.7 Å². The van der Waals surface area contributed by atoms with E-state index in [1.165, 1.54) is 5.56 Å². The minimum Gasteiger partial charge on any atom is -0.466 e. The number of hydrogen-bond acceptors (Lipinski definition) is 4. The molecule has 1 aliphatic rings. The summed E-state index contributed by atoms with van der Waals surface area (Å²) >= 11 is 0. The van der Waals surface area contributed by atoms with Gasteiger partial charge in [0.05, 0.1) is 6.61 Å². The van der Waals surface area contributed by atoms with Crippen molar-refractivity contribution in [3.05, 3.63) is 29.8 Å². The van der Waals surface area contributed by atoms with E-state index < -0.39 is 0 Å². The fourth-order valence-electron chi connectivity index (χ4n) is 2.69. The first-order chi connectivity index (χ1) is 9.67. The van der Waals surface area contributed by atoms with E-state index in [1.54, 1.807) is 0 Å². The number of anilines is 1. The summed E-state index contributed by atoms with van der Waals surface area (Å²) in [5.74, 6) is 0.432. The SMILES string of the molecule is CCOC(=O)CC1CCN(Cc2ccc(N)cc2)CC1. The van der Waals surface area contributed by atoms with E-state index in [-0.39, 0.29) is 5.97 Å². The first kappa shape index (κ1) is 14.9. The van der Waals surface area contributed by atoms with Crippen LogP contribution in [-0.2, 0) is 16.1 Å². The smallest absolute Gasteiger partial charge is 0.306 e. The number of carbonyl (C=O) groups excluding carboxylic acids is 1. The van der Waals surface area contributed by atoms with Crippen molar-refractivity contribution in [1.82, 2.24) is 4.90 Å². The molecule has 0 bridgehead atoms. The fraction of sp³-hybridized carbons (Fsp3) is 0.562. The number of carbonyl (C=O) groups is 1. The van der Waals surface area contributed by atoms with E-state index in [1.807, 2.05) is 19.1 Å². The molecule has 0 amide bonds. The summed E-state index contributed by atoms with van der Waals surface area (Å²) in [5, 5.41) is 0. The van der Waals surface area contributed by atoms with Crippen molar-refractivity contribution in [2.24, 2.45) is 5.92 Å². The van der Waals surface area contributed by atoms with Crippen molar-refractivity contribution >= 4 is 11.7 Å².